The molecule has 0 unspecified atom stereocenters. The summed E-state index contributed by atoms with van der Waals surface area (Å²) in [6.07, 6.45) is 0.963. The highest BCUT2D eigenvalue weighted by molar-refractivity contribution is 8.00. The molecule has 1 N–H and O–H groups in total. The van der Waals surface area contributed by atoms with Crippen molar-refractivity contribution in [3.8, 4) is 22.9 Å². The van der Waals surface area contributed by atoms with Gasteiger partial charge < -0.3 is 19.5 Å². The molecule has 1 aliphatic heterocycles. The largest absolute Gasteiger partial charge is 0.496 e. The van der Waals surface area contributed by atoms with E-state index in [4.69, 9.17) is 19.3 Å². The summed E-state index contributed by atoms with van der Waals surface area (Å²) in [4.78, 5) is 12.6. The molecular formula is C24H27N3O4S. The van der Waals surface area contributed by atoms with Gasteiger partial charge in [-0.15, -0.1) is 11.8 Å². The van der Waals surface area contributed by atoms with E-state index in [1.54, 1.807) is 21.3 Å². The van der Waals surface area contributed by atoms with Gasteiger partial charge in [0.15, 0.2) is 11.5 Å². The van der Waals surface area contributed by atoms with E-state index in [1.807, 2.05) is 35.9 Å². The number of carbonyl (C=O) groups excluding carboxylic acids is 1. The maximum Gasteiger partial charge on any atom is 0.235 e. The number of rotatable bonds is 6. The van der Waals surface area contributed by atoms with E-state index in [9.17, 15) is 4.79 Å². The van der Waals surface area contributed by atoms with Crippen LogP contribution in [0.3, 0.4) is 0 Å². The molecule has 168 valence electrons. The van der Waals surface area contributed by atoms with Gasteiger partial charge in [-0.05, 0) is 37.1 Å². The zero-order chi connectivity index (χ0) is 22.8. The molecule has 32 heavy (non-hydrogen) atoms. The van der Waals surface area contributed by atoms with Gasteiger partial charge in [-0.25, -0.2) is 4.68 Å². The molecule has 3 aromatic rings. The van der Waals surface area contributed by atoms with Gasteiger partial charge in [0.2, 0.25) is 5.91 Å². The summed E-state index contributed by atoms with van der Waals surface area (Å²) in [6.45, 7) is 4.09. The molecule has 1 aromatic heterocycles. The van der Waals surface area contributed by atoms with Gasteiger partial charge in [-0.2, -0.15) is 5.10 Å². The Morgan fingerprint density at radius 2 is 1.72 bits per heavy atom. The standard InChI is InChI=1S/C24H27N3O4S/c1-6-15-7-9-16(10-8-15)27-24-22(14(2)26-27)23(32-13-21(28)25-24)17-11-19(30-4)20(31-5)12-18(17)29-3/h7-12,23H,6,13H2,1-5H3,(H,25,28)/t23-/m0/s1. The lowest BCUT2D eigenvalue weighted by molar-refractivity contribution is -0.113. The SMILES string of the molecule is CCc1ccc(-n2nc(C)c3c2NC(=O)CS[C@H]3c2cc(OC)c(OC)cc2OC)cc1. The summed E-state index contributed by atoms with van der Waals surface area (Å²) in [5.41, 5.74) is 4.84. The molecule has 0 aliphatic carbocycles. The number of nitrogens with zero attached hydrogens (tertiary/aromatic N) is 2. The lowest BCUT2D eigenvalue weighted by atomic mass is 10.0. The Morgan fingerprint density at radius 3 is 2.34 bits per heavy atom. The first-order chi connectivity index (χ1) is 15.5. The quantitative estimate of drug-likeness (QED) is 0.591. The molecule has 8 heteroatoms. The van der Waals surface area contributed by atoms with Crippen molar-refractivity contribution < 1.29 is 19.0 Å². The molecule has 2 heterocycles. The van der Waals surface area contributed by atoms with E-state index in [2.05, 4.69) is 24.4 Å². The van der Waals surface area contributed by atoms with E-state index in [1.165, 1.54) is 17.3 Å². The van der Waals surface area contributed by atoms with E-state index < -0.39 is 0 Å². The number of benzene rings is 2. The molecule has 0 bridgehead atoms. The van der Waals surface area contributed by atoms with Crippen molar-refractivity contribution in [1.82, 2.24) is 9.78 Å². The summed E-state index contributed by atoms with van der Waals surface area (Å²) < 4.78 is 18.5. The van der Waals surface area contributed by atoms with Crippen LogP contribution < -0.4 is 19.5 Å². The van der Waals surface area contributed by atoms with Crippen molar-refractivity contribution in [2.75, 3.05) is 32.4 Å². The molecule has 7 nitrogen and oxygen atoms in total. The van der Waals surface area contributed by atoms with Gasteiger partial charge in [0.05, 0.1) is 43.7 Å². The fourth-order valence-electron chi connectivity index (χ4n) is 3.95. The van der Waals surface area contributed by atoms with E-state index in [-0.39, 0.29) is 11.2 Å². The number of aryl methyl sites for hydroxylation is 2. The first-order valence-corrected chi connectivity index (χ1v) is 11.5. The Morgan fingerprint density at radius 1 is 1.06 bits per heavy atom. The van der Waals surface area contributed by atoms with Crippen LogP contribution in [0.2, 0.25) is 0 Å². The fourth-order valence-corrected chi connectivity index (χ4v) is 5.15. The van der Waals surface area contributed by atoms with Gasteiger partial charge in [-0.1, -0.05) is 19.1 Å². The summed E-state index contributed by atoms with van der Waals surface area (Å²) in [5, 5.41) is 7.69. The molecule has 4 rings (SSSR count). The summed E-state index contributed by atoms with van der Waals surface area (Å²) >= 11 is 1.54. The highest BCUT2D eigenvalue weighted by Crippen LogP contribution is 2.49. The second-order valence-electron chi connectivity index (χ2n) is 7.47. The lowest BCUT2D eigenvalue weighted by Gasteiger charge is -2.20. The maximum absolute atomic E-state index is 12.6. The summed E-state index contributed by atoms with van der Waals surface area (Å²) in [6, 6.07) is 12.0. The molecule has 0 radical (unpaired) electrons. The topological polar surface area (TPSA) is 74.6 Å². The van der Waals surface area contributed by atoms with E-state index in [0.29, 0.717) is 28.8 Å². The van der Waals surface area contributed by atoms with Crippen LogP contribution in [0.5, 0.6) is 17.2 Å². The monoisotopic (exact) mass is 453 g/mol. The number of fused-ring (bicyclic) bond motifs is 1. The third-order valence-corrected chi connectivity index (χ3v) is 6.87. The molecule has 2 aromatic carbocycles. The van der Waals surface area contributed by atoms with Gasteiger partial charge in [0.25, 0.3) is 0 Å². The minimum absolute atomic E-state index is 0.0653. The average molecular weight is 454 g/mol. The molecule has 1 aliphatic rings. The predicted octanol–water partition coefficient (Wildman–Crippen LogP) is 4.54. The van der Waals surface area contributed by atoms with Crippen LogP contribution in [0, 0.1) is 6.92 Å². The van der Waals surface area contributed by atoms with Crippen molar-refractivity contribution in [2.45, 2.75) is 25.5 Å². The van der Waals surface area contributed by atoms with Gasteiger partial charge in [0, 0.05) is 17.2 Å². The molecule has 1 atom stereocenters. The van der Waals surface area contributed by atoms with Crippen LogP contribution in [-0.2, 0) is 11.2 Å². The maximum atomic E-state index is 12.6. The van der Waals surface area contributed by atoms with Gasteiger partial charge >= 0.3 is 0 Å². The molecular weight excluding hydrogens is 426 g/mol. The third-order valence-electron chi connectivity index (χ3n) is 5.62. The van der Waals surface area contributed by atoms with Crippen LogP contribution in [-0.4, -0.2) is 42.8 Å². The van der Waals surface area contributed by atoms with Gasteiger partial charge in [-0.3, -0.25) is 4.79 Å². The number of carbonyl (C=O) groups is 1. The molecule has 0 fully saturated rings. The number of thioether (sulfide) groups is 1. The molecule has 1 amide bonds. The van der Waals surface area contributed by atoms with E-state index in [0.717, 1.165) is 28.9 Å². The first kappa shape index (κ1) is 22.1. The summed E-state index contributed by atoms with van der Waals surface area (Å²) in [7, 11) is 4.83. The minimum atomic E-state index is -0.178. The molecule has 0 spiro atoms. The van der Waals surface area contributed by atoms with Crippen molar-refractivity contribution in [1.29, 1.82) is 0 Å². The first-order valence-electron chi connectivity index (χ1n) is 10.4. The van der Waals surface area contributed by atoms with Crippen molar-refractivity contribution in [2.24, 2.45) is 0 Å². The molecule has 0 saturated carbocycles. The Balaban J connectivity index is 1.89. The highest BCUT2D eigenvalue weighted by atomic mass is 32.2. The number of hydrogen-bond acceptors (Lipinski definition) is 6. The lowest BCUT2D eigenvalue weighted by Crippen LogP contribution is -2.15. The van der Waals surface area contributed by atoms with Crippen molar-refractivity contribution in [3.63, 3.8) is 0 Å². The van der Waals surface area contributed by atoms with E-state index >= 15 is 0 Å². The number of hydrogen-bond donors (Lipinski definition) is 1. The summed E-state index contributed by atoms with van der Waals surface area (Å²) in [5.74, 6) is 2.79. The van der Waals surface area contributed by atoms with Crippen LogP contribution in [0.15, 0.2) is 36.4 Å². The van der Waals surface area contributed by atoms with Crippen molar-refractivity contribution in [3.05, 3.63) is 58.8 Å². The van der Waals surface area contributed by atoms with Crippen molar-refractivity contribution >= 4 is 23.5 Å². The predicted molar refractivity (Wildman–Crippen MR) is 127 cm³/mol. The number of nitrogens with one attached hydrogen (secondary N) is 1. The normalized spacial score (nSPS) is 15.5. The Labute approximate surface area is 192 Å². The van der Waals surface area contributed by atoms with Crippen LogP contribution in [0.1, 0.15) is 34.6 Å². The Bertz CT molecular complexity index is 1140. The van der Waals surface area contributed by atoms with Crippen LogP contribution in [0.4, 0.5) is 5.82 Å². The number of methoxy groups -OCH3 is 3. The van der Waals surface area contributed by atoms with Gasteiger partial charge in [0.1, 0.15) is 11.6 Å². The number of ether oxygens (including phenoxy) is 3. The second kappa shape index (κ2) is 9.16. The number of amides is 1. The Hall–Kier alpha value is -3.13. The van der Waals surface area contributed by atoms with Crippen LogP contribution >= 0.6 is 11.8 Å². The fraction of sp³-hybridized carbons (Fsp3) is 0.333. The third kappa shape index (κ3) is 3.90. The average Bonchev–Trinajstić information content (AvgIpc) is 3.03. The molecule has 0 saturated heterocycles. The number of anilines is 1. The second-order valence-corrected chi connectivity index (χ2v) is 8.56. The van der Waals surface area contributed by atoms with Crippen LogP contribution in [0.25, 0.3) is 5.69 Å². The smallest absolute Gasteiger partial charge is 0.235 e. The minimum Gasteiger partial charge on any atom is -0.496 e. The Kier molecular flexibility index (Phi) is 6.32. The zero-order valence-electron chi connectivity index (χ0n) is 18.9. The number of aromatic nitrogens is 2. The zero-order valence-corrected chi connectivity index (χ0v) is 19.7. The highest BCUT2D eigenvalue weighted by Gasteiger charge is 2.33.